The minimum Gasteiger partial charge on any atom is -0.384 e. The Hall–Kier alpha value is -2.04. The molecule has 0 saturated carbocycles. The summed E-state index contributed by atoms with van der Waals surface area (Å²) in [6.45, 7) is 0.527. The molecule has 0 aliphatic carbocycles. The summed E-state index contributed by atoms with van der Waals surface area (Å²) < 4.78 is 0. The largest absolute Gasteiger partial charge is 0.384 e. The molecule has 1 unspecified atom stereocenters. The van der Waals surface area contributed by atoms with E-state index in [4.69, 9.17) is 5.73 Å². The first-order valence-electron chi connectivity index (χ1n) is 5.45. The van der Waals surface area contributed by atoms with E-state index in [2.05, 4.69) is 5.32 Å². The second-order valence-corrected chi connectivity index (χ2v) is 4.18. The molecule has 90 valence electrons. The van der Waals surface area contributed by atoms with Crippen molar-refractivity contribution in [2.24, 2.45) is 5.73 Å². The third-order valence-corrected chi connectivity index (χ3v) is 2.90. The number of primary amides is 1. The normalized spacial score (nSPS) is 17.1. The van der Waals surface area contributed by atoms with Crippen LogP contribution in [0.1, 0.15) is 11.5 Å². The fourth-order valence-corrected chi connectivity index (χ4v) is 2.08. The molecular weight excluding hydrogens is 218 g/mol. The van der Waals surface area contributed by atoms with Gasteiger partial charge in [0.05, 0.1) is 12.5 Å². The molecule has 2 amide bonds. The van der Waals surface area contributed by atoms with Gasteiger partial charge in [-0.25, -0.2) is 0 Å². The SMILES string of the molecule is CN(CC(N)=O)C(=O)C1CNc2ccccc21. The summed E-state index contributed by atoms with van der Waals surface area (Å²) in [7, 11) is 1.59. The topological polar surface area (TPSA) is 75.4 Å². The number of benzene rings is 1. The van der Waals surface area contributed by atoms with Gasteiger partial charge >= 0.3 is 0 Å². The Morgan fingerprint density at radius 1 is 1.47 bits per heavy atom. The number of carbonyl (C=O) groups excluding carboxylic acids is 2. The number of fused-ring (bicyclic) bond motifs is 1. The Labute approximate surface area is 99.6 Å². The van der Waals surface area contributed by atoms with Crippen LogP contribution in [0.3, 0.4) is 0 Å². The van der Waals surface area contributed by atoms with Crippen molar-refractivity contribution >= 4 is 17.5 Å². The Bertz CT molecular complexity index is 459. The lowest BCUT2D eigenvalue weighted by atomic mass is 10.00. The number of nitrogens with one attached hydrogen (secondary N) is 1. The Balaban J connectivity index is 2.15. The molecule has 17 heavy (non-hydrogen) atoms. The smallest absolute Gasteiger partial charge is 0.237 e. The Morgan fingerprint density at radius 3 is 2.88 bits per heavy atom. The van der Waals surface area contributed by atoms with Gasteiger partial charge in [0.1, 0.15) is 0 Å². The van der Waals surface area contributed by atoms with E-state index < -0.39 is 5.91 Å². The summed E-state index contributed by atoms with van der Waals surface area (Å²) in [6, 6.07) is 7.69. The van der Waals surface area contributed by atoms with Gasteiger partial charge in [-0.05, 0) is 11.6 Å². The zero-order valence-corrected chi connectivity index (χ0v) is 9.64. The molecule has 0 aromatic heterocycles. The lowest BCUT2D eigenvalue weighted by Crippen LogP contribution is -2.38. The Kier molecular flexibility index (Phi) is 2.99. The summed E-state index contributed by atoms with van der Waals surface area (Å²) in [5, 5.41) is 3.18. The zero-order valence-electron chi connectivity index (χ0n) is 9.64. The van der Waals surface area contributed by atoms with Gasteiger partial charge < -0.3 is 16.0 Å². The minimum absolute atomic E-state index is 0.0441. The van der Waals surface area contributed by atoms with Crippen molar-refractivity contribution in [3.05, 3.63) is 29.8 Å². The fourth-order valence-electron chi connectivity index (χ4n) is 2.08. The molecule has 0 saturated heterocycles. The number of hydrogen-bond acceptors (Lipinski definition) is 3. The van der Waals surface area contributed by atoms with Crippen LogP contribution >= 0.6 is 0 Å². The van der Waals surface area contributed by atoms with Crippen LogP contribution in [-0.2, 0) is 9.59 Å². The summed E-state index contributed by atoms with van der Waals surface area (Å²) in [5.74, 6) is -0.808. The molecular formula is C12H15N3O2. The van der Waals surface area contributed by atoms with E-state index in [1.54, 1.807) is 7.05 Å². The van der Waals surface area contributed by atoms with E-state index >= 15 is 0 Å². The number of rotatable bonds is 3. The maximum Gasteiger partial charge on any atom is 0.237 e. The van der Waals surface area contributed by atoms with Crippen molar-refractivity contribution in [1.29, 1.82) is 0 Å². The van der Waals surface area contributed by atoms with Gasteiger partial charge in [0, 0.05) is 19.3 Å². The van der Waals surface area contributed by atoms with Crippen molar-refractivity contribution in [2.75, 3.05) is 25.5 Å². The molecule has 1 heterocycles. The van der Waals surface area contributed by atoms with Crippen LogP contribution in [0.25, 0.3) is 0 Å². The number of anilines is 1. The van der Waals surface area contributed by atoms with E-state index in [1.807, 2.05) is 24.3 Å². The van der Waals surface area contributed by atoms with E-state index in [0.29, 0.717) is 6.54 Å². The van der Waals surface area contributed by atoms with Crippen molar-refractivity contribution in [3.8, 4) is 0 Å². The third kappa shape index (κ3) is 2.22. The first-order chi connectivity index (χ1) is 8.09. The molecule has 0 radical (unpaired) electrons. The van der Waals surface area contributed by atoms with Gasteiger partial charge in [0.2, 0.25) is 11.8 Å². The molecule has 1 aromatic rings. The van der Waals surface area contributed by atoms with Crippen molar-refractivity contribution in [3.63, 3.8) is 0 Å². The van der Waals surface area contributed by atoms with E-state index in [0.717, 1.165) is 11.3 Å². The molecule has 1 aliphatic rings. The molecule has 0 bridgehead atoms. The summed E-state index contributed by atoms with van der Waals surface area (Å²) >= 11 is 0. The molecule has 1 aliphatic heterocycles. The average molecular weight is 233 g/mol. The van der Waals surface area contributed by atoms with Crippen LogP contribution in [0.15, 0.2) is 24.3 Å². The predicted octanol–water partition coefficient (Wildman–Crippen LogP) is 0.139. The standard InChI is InChI=1S/C12H15N3O2/c1-15(7-11(13)16)12(17)9-6-14-10-5-3-2-4-8(9)10/h2-5,9,14H,6-7H2,1H3,(H2,13,16). The monoisotopic (exact) mass is 233 g/mol. The van der Waals surface area contributed by atoms with E-state index in [9.17, 15) is 9.59 Å². The van der Waals surface area contributed by atoms with Crippen LogP contribution in [0.4, 0.5) is 5.69 Å². The lowest BCUT2D eigenvalue weighted by molar-refractivity contribution is -0.134. The van der Waals surface area contributed by atoms with E-state index in [-0.39, 0.29) is 18.4 Å². The quantitative estimate of drug-likeness (QED) is 0.779. The maximum atomic E-state index is 12.1. The highest BCUT2D eigenvalue weighted by atomic mass is 16.2. The van der Waals surface area contributed by atoms with Crippen molar-refractivity contribution in [1.82, 2.24) is 4.90 Å². The fraction of sp³-hybridized carbons (Fsp3) is 0.333. The van der Waals surface area contributed by atoms with Gasteiger partial charge in [-0.3, -0.25) is 9.59 Å². The highest BCUT2D eigenvalue weighted by Gasteiger charge is 2.30. The summed E-state index contributed by atoms with van der Waals surface area (Å²) in [4.78, 5) is 24.3. The number of hydrogen-bond donors (Lipinski definition) is 2. The highest BCUT2D eigenvalue weighted by Crippen LogP contribution is 2.31. The first kappa shape index (κ1) is 11.4. The number of nitrogens with zero attached hydrogens (tertiary/aromatic N) is 1. The number of nitrogens with two attached hydrogens (primary N) is 1. The van der Waals surface area contributed by atoms with Gasteiger partial charge in [-0.2, -0.15) is 0 Å². The van der Waals surface area contributed by atoms with Crippen molar-refractivity contribution in [2.45, 2.75) is 5.92 Å². The number of carbonyl (C=O) groups is 2. The molecule has 3 N–H and O–H groups in total. The molecule has 5 nitrogen and oxygen atoms in total. The average Bonchev–Trinajstić information content (AvgIpc) is 2.70. The van der Waals surface area contributed by atoms with Gasteiger partial charge in [0.25, 0.3) is 0 Å². The molecule has 1 aromatic carbocycles. The first-order valence-corrected chi connectivity index (χ1v) is 5.45. The minimum atomic E-state index is -0.500. The Morgan fingerprint density at radius 2 is 2.18 bits per heavy atom. The summed E-state index contributed by atoms with van der Waals surface area (Å²) in [5.41, 5.74) is 7.04. The molecule has 5 heteroatoms. The third-order valence-electron chi connectivity index (χ3n) is 2.90. The van der Waals surface area contributed by atoms with Crippen LogP contribution in [0.5, 0.6) is 0 Å². The van der Waals surface area contributed by atoms with Crippen LogP contribution < -0.4 is 11.1 Å². The summed E-state index contributed by atoms with van der Waals surface area (Å²) in [6.07, 6.45) is 0. The predicted molar refractivity (Wildman–Crippen MR) is 64.5 cm³/mol. The van der Waals surface area contributed by atoms with Crippen LogP contribution in [-0.4, -0.2) is 36.9 Å². The molecule has 2 rings (SSSR count). The maximum absolute atomic E-state index is 12.1. The highest BCUT2D eigenvalue weighted by molar-refractivity contribution is 5.90. The van der Waals surface area contributed by atoms with Gasteiger partial charge in [-0.15, -0.1) is 0 Å². The lowest BCUT2D eigenvalue weighted by Gasteiger charge is -2.19. The van der Waals surface area contributed by atoms with Crippen LogP contribution in [0.2, 0.25) is 0 Å². The zero-order chi connectivity index (χ0) is 12.4. The molecule has 0 spiro atoms. The van der Waals surface area contributed by atoms with Crippen molar-refractivity contribution < 1.29 is 9.59 Å². The van der Waals surface area contributed by atoms with Gasteiger partial charge in [0.15, 0.2) is 0 Å². The van der Waals surface area contributed by atoms with E-state index in [1.165, 1.54) is 4.90 Å². The molecule has 1 atom stereocenters. The number of likely N-dealkylation sites (N-methyl/N-ethyl adjacent to an activating group) is 1. The van der Waals surface area contributed by atoms with Crippen LogP contribution in [0, 0.1) is 0 Å². The van der Waals surface area contributed by atoms with Gasteiger partial charge in [-0.1, -0.05) is 18.2 Å². The molecule has 0 fully saturated rings. The number of amides is 2. The second-order valence-electron chi connectivity index (χ2n) is 4.18. The second kappa shape index (κ2) is 4.45. The number of para-hydroxylation sites is 1.